The number of rotatable bonds is 4. The average Bonchev–Trinajstić information content (AvgIpc) is 2.59. The van der Waals surface area contributed by atoms with Gasteiger partial charge in [-0.1, -0.05) is 11.6 Å². The highest BCUT2D eigenvalue weighted by molar-refractivity contribution is 6.30. The van der Waals surface area contributed by atoms with Crippen LogP contribution >= 0.6 is 11.6 Å². The second kappa shape index (κ2) is 4.67. The molecule has 0 aliphatic heterocycles. The van der Waals surface area contributed by atoms with E-state index in [-0.39, 0.29) is 6.04 Å². The van der Waals surface area contributed by atoms with Crippen LogP contribution < -0.4 is 5.32 Å². The number of ether oxygens (including phenoxy) is 1. The van der Waals surface area contributed by atoms with Crippen LogP contribution in [0, 0.1) is 0 Å². The van der Waals surface area contributed by atoms with Gasteiger partial charge >= 0.3 is 0 Å². The number of methoxy groups -OCH3 is 1. The fourth-order valence-corrected chi connectivity index (χ4v) is 1.59. The van der Waals surface area contributed by atoms with Crippen LogP contribution in [0.2, 0.25) is 5.02 Å². The second-order valence-electron chi connectivity index (χ2n) is 3.59. The molecule has 2 aromatic heterocycles. The van der Waals surface area contributed by atoms with Crippen molar-refractivity contribution in [2.24, 2.45) is 0 Å². The lowest BCUT2D eigenvalue weighted by Crippen LogP contribution is -2.21. The van der Waals surface area contributed by atoms with E-state index in [1.807, 2.05) is 13.0 Å². The molecule has 0 saturated carbocycles. The summed E-state index contributed by atoms with van der Waals surface area (Å²) in [5.74, 6) is 0.576. The van der Waals surface area contributed by atoms with Gasteiger partial charge in [-0.3, -0.25) is 0 Å². The summed E-state index contributed by atoms with van der Waals surface area (Å²) >= 11 is 5.85. The highest BCUT2D eigenvalue weighted by Gasteiger charge is 2.06. The van der Waals surface area contributed by atoms with Gasteiger partial charge in [0.25, 0.3) is 0 Å². The quantitative estimate of drug-likeness (QED) is 0.886. The van der Waals surface area contributed by atoms with Crippen molar-refractivity contribution in [2.45, 2.75) is 13.0 Å². The number of nitrogens with one attached hydrogen (secondary N) is 1. The maximum Gasteiger partial charge on any atom is 0.243 e. The fourth-order valence-electron chi connectivity index (χ4n) is 1.43. The van der Waals surface area contributed by atoms with Crippen molar-refractivity contribution in [1.29, 1.82) is 0 Å². The molecule has 2 aromatic rings. The summed E-state index contributed by atoms with van der Waals surface area (Å²) in [5.41, 5.74) is 0.761. The third kappa shape index (κ3) is 2.43. The maximum absolute atomic E-state index is 5.85. The van der Waals surface area contributed by atoms with Gasteiger partial charge in [-0.25, -0.2) is 4.52 Å². The number of aromatic nitrogens is 3. The molecule has 0 aliphatic rings. The SMILES string of the molecule is COCC(C)Nc1nc2ccc(Cl)cn2n1. The molecule has 0 fully saturated rings. The first-order valence-electron chi connectivity index (χ1n) is 4.96. The summed E-state index contributed by atoms with van der Waals surface area (Å²) in [5, 5.41) is 8.02. The molecule has 2 rings (SSSR count). The Balaban J connectivity index is 2.19. The number of anilines is 1. The molecule has 0 spiro atoms. The van der Waals surface area contributed by atoms with E-state index in [1.165, 1.54) is 0 Å². The fraction of sp³-hybridized carbons (Fsp3) is 0.400. The van der Waals surface area contributed by atoms with Crippen molar-refractivity contribution in [3.63, 3.8) is 0 Å². The van der Waals surface area contributed by atoms with Gasteiger partial charge in [-0.2, -0.15) is 4.98 Å². The number of halogens is 1. The molecule has 6 heteroatoms. The molecule has 0 aliphatic carbocycles. The molecule has 86 valence electrons. The Morgan fingerprint density at radius 1 is 1.56 bits per heavy atom. The first-order chi connectivity index (χ1) is 7.69. The summed E-state index contributed by atoms with van der Waals surface area (Å²) in [6, 6.07) is 3.77. The smallest absolute Gasteiger partial charge is 0.243 e. The number of pyridine rings is 1. The minimum absolute atomic E-state index is 0.165. The molecular weight excluding hydrogens is 228 g/mol. The summed E-state index contributed by atoms with van der Waals surface area (Å²) in [6.45, 7) is 2.61. The van der Waals surface area contributed by atoms with E-state index in [2.05, 4.69) is 15.4 Å². The summed E-state index contributed by atoms with van der Waals surface area (Å²) in [6.07, 6.45) is 1.72. The van der Waals surface area contributed by atoms with Crippen LogP contribution in [0.25, 0.3) is 5.65 Å². The molecule has 5 nitrogen and oxygen atoms in total. The van der Waals surface area contributed by atoms with Gasteiger partial charge in [0.05, 0.1) is 11.6 Å². The van der Waals surface area contributed by atoms with Crippen LogP contribution in [0.1, 0.15) is 6.92 Å². The van der Waals surface area contributed by atoms with Gasteiger partial charge in [-0.15, -0.1) is 5.10 Å². The van der Waals surface area contributed by atoms with Gasteiger partial charge in [0, 0.05) is 19.3 Å². The van der Waals surface area contributed by atoms with Crippen LogP contribution in [-0.4, -0.2) is 34.4 Å². The first-order valence-corrected chi connectivity index (χ1v) is 5.34. The average molecular weight is 241 g/mol. The minimum Gasteiger partial charge on any atom is -0.383 e. The van der Waals surface area contributed by atoms with E-state index in [4.69, 9.17) is 16.3 Å². The summed E-state index contributed by atoms with van der Waals surface area (Å²) < 4.78 is 6.67. The molecule has 0 aromatic carbocycles. The number of nitrogens with zero attached hydrogens (tertiary/aromatic N) is 3. The normalized spacial score (nSPS) is 12.9. The Morgan fingerprint density at radius 2 is 2.38 bits per heavy atom. The van der Waals surface area contributed by atoms with E-state index < -0.39 is 0 Å². The van der Waals surface area contributed by atoms with Gasteiger partial charge in [-0.05, 0) is 19.1 Å². The zero-order chi connectivity index (χ0) is 11.5. The van der Waals surface area contributed by atoms with Gasteiger partial charge < -0.3 is 10.1 Å². The van der Waals surface area contributed by atoms with Crippen LogP contribution in [-0.2, 0) is 4.74 Å². The molecule has 1 atom stereocenters. The Kier molecular flexibility index (Phi) is 3.26. The van der Waals surface area contributed by atoms with Gasteiger partial charge in [0.2, 0.25) is 5.95 Å². The monoisotopic (exact) mass is 240 g/mol. The zero-order valence-corrected chi connectivity index (χ0v) is 9.90. The Hall–Kier alpha value is -1.33. The number of hydrogen-bond acceptors (Lipinski definition) is 4. The van der Waals surface area contributed by atoms with Crippen LogP contribution in [0.15, 0.2) is 18.3 Å². The van der Waals surface area contributed by atoms with Crippen molar-refractivity contribution < 1.29 is 4.74 Å². The lowest BCUT2D eigenvalue weighted by atomic mass is 10.4. The molecule has 1 unspecified atom stereocenters. The van der Waals surface area contributed by atoms with Crippen molar-refractivity contribution in [3.05, 3.63) is 23.4 Å². The molecule has 1 N–H and O–H groups in total. The maximum atomic E-state index is 5.85. The Labute approximate surface area is 98.4 Å². The number of hydrogen-bond donors (Lipinski definition) is 1. The topological polar surface area (TPSA) is 51.5 Å². The zero-order valence-electron chi connectivity index (χ0n) is 9.14. The van der Waals surface area contributed by atoms with E-state index in [0.29, 0.717) is 17.6 Å². The minimum atomic E-state index is 0.165. The van der Waals surface area contributed by atoms with E-state index in [9.17, 15) is 0 Å². The summed E-state index contributed by atoms with van der Waals surface area (Å²) in [7, 11) is 1.66. The van der Waals surface area contributed by atoms with Crippen LogP contribution in [0.5, 0.6) is 0 Å². The number of fused-ring (bicyclic) bond motifs is 1. The lowest BCUT2D eigenvalue weighted by Gasteiger charge is -2.09. The molecular formula is C10H13ClN4O. The predicted octanol–water partition coefficient (Wildman–Crippen LogP) is 1.83. The van der Waals surface area contributed by atoms with Crippen molar-refractivity contribution >= 4 is 23.2 Å². The Bertz CT molecular complexity index is 485. The first kappa shape index (κ1) is 11.2. The largest absolute Gasteiger partial charge is 0.383 e. The Morgan fingerprint density at radius 3 is 3.12 bits per heavy atom. The van der Waals surface area contributed by atoms with Crippen molar-refractivity contribution in [3.8, 4) is 0 Å². The molecule has 2 heterocycles. The third-order valence-corrected chi connectivity index (χ3v) is 2.31. The van der Waals surface area contributed by atoms with E-state index in [0.717, 1.165) is 5.65 Å². The third-order valence-electron chi connectivity index (χ3n) is 2.09. The molecule has 16 heavy (non-hydrogen) atoms. The molecule has 0 amide bonds. The van der Waals surface area contributed by atoms with Crippen molar-refractivity contribution in [1.82, 2.24) is 14.6 Å². The van der Waals surface area contributed by atoms with Gasteiger partial charge in [0.1, 0.15) is 0 Å². The highest BCUT2D eigenvalue weighted by Crippen LogP contribution is 2.11. The predicted molar refractivity (Wildman–Crippen MR) is 63.0 cm³/mol. The molecule has 0 radical (unpaired) electrons. The highest BCUT2D eigenvalue weighted by atomic mass is 35.5. The summed E-state index contributed by atoms with van der Waals surface area (Å²) in [4.78, 5) is 4.30. The molecule has 0 saturated heterocycles. The van der Waals surface area contributed by atoms with Crippen LogP contribution in [0.3, 0.4) is 0 Å². The van der Waals surface area contributed by atoms with E-state index >= 15 is 0 Å². The molecule has 0 bridgehead atoms. The van der Waals surface area contributed by atoms with Crippen LogP contribution in [0.4, 0.5) is 5.95 Å². The standard InChI is InChI=1S/C10H13ClN4O/c1-7(6-16-2)12-10-13-9-4-3-8(11)5-15(9)14-10/h3-5,7H,6H2,1-2H3,(H,12,14). The van der Waals surface area contributed by atoms with Crippen molar-refractivity contribution in [2.75, 3.05) is 19.0 Å². The second-order valence-corrected chi connectivity index (χ2v) is 4.02. The lowest BCUT2D eigenvalue weighted by molar-refractivity contribution is 0.190. The van der Waals surface area contributed by atoms with Gasteiger partial charge in [0.15, 0.2) is 5.65 Å². The van der Waals surface area contributed by atoms with E-state index in [1.54, 1.807) is 23.9 Å².